The number of hydrogen-bond donors (Lipinski definition) is 1. The molecular formula is C21H28N2O3S. The van der Waals surface area contributed by atoms with Gasteiger partial charge in [0.15, 0.2) is 6.61 Å². The van der Waals surface area contributed by atoms with Gasteiger partial charge >= 0.3 is 0 Å². The molecule has 1 unspecified atom stereocenters. The van der Waals surface area contributed by atoms with Gasteiger partial charge in [0, 0.05) is 12.6 Å². The number of likely N-dealkylation sites (tertiary alicyclic amines) is 1. The predicted octanol–water partition coefficient (Wildman–Crippen LogP) is 3.87. The average Bonchev–Trinajstić information content (AvgIpc) is 3.09. The molecule has 1 N–H and O–H groups in total. The Morgan fingerprint density at radius 1 is 1.19 bits per heavy atom. The maximum absolute atomic E-state index is 12.3. The van der Waals surface area contributed by atoms with Crippen LogP contribution in [0.1, 0.15) is 37.3 Å². The van der Waals surface area contributed by atoms with Crippen molar-refractivity contribution in [3.8, 4) is 11.5 Å². The van der Waals surface area contributed by atoms with E-state index in [0.717, 1.165) is 13.1 Å². The summed E-state index contributed by atoms with van der Waals surface area (Å²) in [7, 11) is 1.61. The smallest absolute Gasteiger partial charge is 0.258 e. The Kier molecular flexibility index (Phi) is 7.54. The second-order valence-corrected chi connectivity index (χ2v) is 7.57. The first kappa shape index (κ1) is 19.7. The molecule has 2 aromatic rings. The minimum absolute atomic E-state index is 0.00350. The third-order valence-corrected chi connectivity index (χ3v) is 5.61. The molecule has 0 spiro atoms. The number of benzene rings is 1. The van der Waals surface area contributed by atoms with Crippen molar-refractivity contribution < 1.29 is 14.3 Å². The van der Waals surface area contributed by atoms with Crippen LogP contribution in [0, 0.1) is 0 Å². The molecule has 0 radical (unpaired) electrons. The topological polar surface area (TPSA) is 50.8 Å². The standard InChI is InChI=1S/C21H28N2O3S/c1-25-18-7-6-8-19(13-18)26-15-21(24)22-14-20(17-9-12-27-16-17)23-10-4-2-3-5-11-23/h6-9,12-13,16,20H,2-5,10-11,14-15H2,1H3,(H,22,24). The van der Waals surface area contributed by atoms with Crippen LogP contribution in [0.25, 0.3) is 0 Å². The number of rotatable bonds is 8. The number of ether oxygens (including phenoxy) is 2. The molecule has 1 amide bonds. The van der Waals surface area contributed by atoms with Crippen LogP contribution in [0.15, 0.2) is 41.1 Å². The van der Waals surface area contributed by atoms with Crippen LogP contribution in [-0.2, 0) is 4.79 Å². The normalized spacial score (nSPS) is 16.3. The minimum atomic E-state index is -0.104. The zero-order valence-electron chi connectivity index (χ0n) is 15.9. The lowest BCUT2D eigenvalue weighted by Crippen LogP contribution is -2.40. The molecule has 27 heavy (non-hydrogen) atoms. The van der Waals surface area contributed by atoms with Crippen molar-refractivity contribution in [3.05, 3.63) is 46.7 Å². The van der Waals surface area contributed by atoms with E-state index in [1.54, 1.807) is 24.5 Å². The summed E-state index contributed by atoms with van der Waals surface area (Å²) in [4.78, 5) is 14.8. The maximum atomic E-state index is 12.3. The van der Waals surface area contributed by atoms with Crippen molar-refractivity contribution >= 4 is 17.2 Å². The van der Waals surface area contributed by atoms with Gasteiger partial charge in [-0.15, -0.1) is 0 Å². The quantitative estimate of drug-likeness (QED) is 0.746. The van der Waals surface area contributed by atoms with Crippen LogP contribution >= 0.6 is 11.3 Å². The van der Waals surface area contributed by atoms with Crippen molar-refractivity contribution in [1.82, 2.24) is 10.2 Å². The molecule has 6 heteroatoms. The van der Waals surface area contributed by atoms with Crippen LogP contribution in [-0.4, -0.2) is 44.2 Å². The Hall–Kier alpha value is -2.05. The highest BCUT2D eigenvalue weighted by molar-refractivity contribution is 7.07. The molecule has 1 aromatic heterocycles. The van der Waals surface area contributed by atoms with Crippen LogP contribution in [0.4, 0.5) is 0 Å². The molecule has 0 aliphatic carbocycles. The van der Waals surface area contributed by atoms with Crippen LogP contribution in [0.5, 0.6) is 11.5 Å². The lowest BCUT2D eigenvalue weighted by molar-refractivity contribution is -0.123. The van der Waals surface area contributed by atoms with Crippen molar-refractivity contribution in [2.45, 2.75) is 31.7 Å². The van der Waals surface area contributed by atoms with E-state index in [1.165, 1.54) is 31.2 Å². The minimum Gasteiger partial charge on any atom is -0.497 e. The van der Waals surface area contributed by atoms with E-state index >= 15 is 0 Å². The lowest BCUT2D eigenvalue weighted by Gasteiger charge is -2.30. The third kappa shape index (κ3) is 5.97. The molecule has 1 aliphatic rings. The van der Waals surface area contributed by atoms with Crippen molar-refractivity contribution in [2.24, 2.45) is 0 Å². The predicted molar refractivity (Wildman–Crippen MR) is 109 cm³/mol. The first-order chi connectivity index (χ1) is 13.3. The van der Waals surface area contributed by atoms with Crippen LogP contribution in [0.2, 0.25) is 0 Å². The monoisotopic (exact) mass is 388 g/mol. The maximum Gasteiger partial charge on any atom is 0.258 e. The number of nitrogens with one attached hydrogen (secondary N) is 1. The van der Waals surface area contributed by atoms with Crippen molar-refractivity contribution in [1.29, 1.82) is 0 Å². The second-order valence-electron chi connectivity index (χ2n) is 6.79. The van der Waals surface area contributed by atoms with Gasteiger partial charge in [-0.25, -0.2) is 0 Å². The van der Waals surface area contributed by atoms with Gasteiger partial charge in [-0.1, -0.05) is 18.9 Å². The molecule has 0 bridgehead atoms. The van der Waals surface area contributed by atoms with Gasteiger partial charge in [0.2, 0.25) is 0 Å². The molecule has 1 atom stereocenters. The molecule has 146 valence electrons. The highest BCUT2D eigenvalue weighted by Gasteiger charge is 2.22. The van der Waals surface area contributed by atoms with Gasteiger partial charge in [-0.3, -0.25) is 9.69 Å². The number of carbonyl (C=O) groups excluding carboxylic acids is 1. The van der Waals surface area contributed by atoms with E-state index < -0.39 is 0 Å². The van der Waals surface area contributed by atoms with E-state index in [-0.39, 0.29) is 18.6 Å². The molecule has 1 aromatic carbocycles. The first-order valence-corrected chi connectivity index (χ1v) is 10.5. The summed E-state index contributed by atoms with van der Waals surface area (Å²) in [5.74, 6) is 1.24. The summed E-state index contributed by atoms with van der Waals surface area (Å²) in [5.41, 5.74) is 1.29. The number of thiophene rings is 1. The van der Waals surface area contributed by atoms with E-state index in [0.29, 0.717) is 18.0 Å². The number of nitrogens with zero attached hydrogens (tertiary/aromatic N) is 1. The largest absolute Gasteiger partial charge is 0.497 e. The summed E-state index contributed by atoms with van der Waals surface area (Å²) >= 11 is 1.71. The zero-order chi connectivity index (χ0) is 18.9. The highest BCUT2D eigenvalue weighted by atomic mass is 32.1. The summed E-state index contributed by atoms with van der Waals surface area (Å²) in [5, 5.41) is 7.35. The molecule has 1 aliphatic heterocycles. The average molecular weight is 389 g/mol. The van der Waals surface area contributed by atoms with E-state index in [2.05, 4.69) is 27.0 Å². The summed E-state index contributed by atoms with van der Waals surface area (Å²) in [6.45, 7) is 2.80. The summed E-state index contributed by atoms with van der Waals surface area (Å²) < 4.78 is 10.8. The van der Waals surface area contributed by atoms with Gasteiger partial charge < -0.3 is 14.8 Å². The molecule has 1 fully saturated rings. The van der Waals surface area contributed by atoms with Gasteiger partial charge in [0.05, 0.1) is 13.2 Å². The van der Waals surface area contributed by atoms with E-state index in [1.807, 2.05) is 18.2 Å². The highest BCUT2D eigenvalue weighted by Crippen LogP contribution is 2.25. The van der Waals surface area contributed by atoms with Gasteiger partial charge in [-0.05, 0) is 60.5 Å². The number of carbonyl (C=O) groups is 1. The Labute approximate surface area is 165 Å². The fourth-order valence-electron chi connectivity index (χ4n) is 3.43. The fourth-order valence-corrected chi connectivity index (χ4v) is 4.14. The Bertz CT molecular complexity index is 697. The third-order valence-electron chi connectivity index (χ3n) is 4.91. The Morgan fingerprint density at radius 2 is 1.96 bits per heavy atom. The second kappa shape index (κ2) is 10.3. The van der Waals surface area contributed by atoms with Gasteiger partial charge in [-0.2, -0.15) is 11.3 Å². The molecule has 3 rings (SSSR count). The molecule has 5 nitrogen and oxygen atoms in total. The molecule has 2 heterocycles. The number of amides is 1. The lowest BCUT2D eigenvalue weighted by atomic mass is 10.1. The first-order valence-electron chi connectivity index (χ1n) is 9.56. The number of methoxy groups -OCH3 is 1. The van der Waals surface area contributed by atoms with E-state index in [9.17, 15) is 4.79 Å². The SMILES string of the molecule is COc1cccc(OCC(=O)NCC(c2ccsc2)N2CCCCCC2)c1. The molecular weight excluding hydrogens is 360 g/mol. The Balaban J connectivity index is 1.53. The van der Waals surface area contributed by atoms with Gasteiger partial charge in [0.1, 0.15) is 11.5 Å². The Morgan fingerprint density at radius 3 is 2.67 bits per heavy atom. The van der Waals surface area contributed by atoms with Gasteiger partial charge in [0.25, 0.3) is 5.91 Å². The van der Waals surface area contributed by atoms with Crippen LogP contribution in [0.3, 0.4) is 0 Å². The zero-order valence-corrected chi connectivity index (χ0v) is 16.7. The summed E-state index contributed by atoms with van der Waals surface area (Å²) in [6.07, 6.45) is 5.06. The number of hydrogen-bond acceptors (Lipinski definition) is 5. The molecule has 1 saturated heterocycles. The van der Waals surface area contributed by atoms with Crippen LogP contribution < -0.4 is 14.8 Å². The van der Waals surface area contributed by atoms with Crippen molar-refractivity contribution in [3.63, 3.8) is 0 Å². The summed E-state index contributed by atoms with van der Waals surface area (Å²) in [6, 6.07) is 9.69. The fraction of sp³-hybridized carbons (Fsp3) is 0.476. The molecule has 0 saturated carbocycles. The van der Waals surface area contributed by atoms with Crippen molar-refractivity contribution in [2.75, 3.05) is 33.4 Å². The van der Waals surface area contributed by atoms with E-state index in [4.69, 9.17) is 9.47 Å².